The van der Waals surface area contributed by atoms with Gasteiger partial charge in [-0.15, -0.1) is 11.3 Å². The van der Waals surface area contributed by atoms with E-state index < -0.39 is 0 Å². The summed E-state index contributed by atoms with van der Waals surface area (Å²) in [6.07, 6.45) is 8.54. The van der Waals surface area contributed by atoms with Gasteiger partial charge < -0.3 is 14.5 Å². The van der Waals surface area contributed by atoms with E-state index in [1.54, 1.807) is 11.3 Å². The lowest BCUT2D eigenvalue weighted by Gasteiger charge is -2.37. The van der Waals surface area contributed by atoms with Crippen LogP contribution < -0.4 is 0 Å². The number of benzene rings is 1. The van der Waals surface area contributed by atoms with E-state index in [0.717, 1.165) is 55.5 Å². The van der Waals surface area contributed by atoms with Crippen LogP contribution in [0.5, 0.6) is 0 Å². The molecule has 1 aliphatic carbocycles. The summed E-state index contributed by atoms with van der Waals surface area (Å²) < 4.78 is 6.62. The fourth-order valence-corrected chi connectivity index (χ4v) is 6.73. The first kappa shape index (κ1) is 21.0. The topological polar surface area (TPSA) is 49.9 Å². The lowest BCUT2D eigenvalue weighted by atomic mass is 9.92. The number of piperidine rings is 1. The smallest absolute Gasteiger partial charge is 0.264 e. The van der Waals surface area contributed by atoms with Gasteiger partial charge in [0.2, 0.25) is 5.91 Å². The largest absolute Gasteiger partial charge is 0.378 e. The molecule has 166 valence electrons. The van der Waals surface area contributed by atoms with Crippen LogP contribution in [0.3, 0.4) is 0 Å². The maximum absolute atomic E-state index is 13.5. The fourth-order valence-electron chi connectivity index (χ4n) is 5.53. The minimum Gasteiger partial charge on any atom is -0.378 e. The van der Waals surface area contributed by atoms with Crippen LogP contribution >= 0.6 is 11.3 Å². The molecular weight excluding hydrogens is 408 g/mol. The minimum absolute atomic E-state index is 0.129. The van der Waals surface area contributed by atoms with E-state index in [2.05, 4.69) is 23.1 Å². The van der Waals surface area contributed by atoms with Crippen LogP contribution in [0.2, 0.25) is 0 Å². The molecule has 3 fully saturated rings. The van der Waals surface area contributed by atoms with Crippen molar-refractivity contribution in [3.63, 3.8) is 0 Å². The van der Waals surface area contributed by atoms with Gasteiger partial charge in [-0.3, -0.25) is 9.59 Å². The first-order valence-electron chi connectivity index (χ1n) is 11.9. The molecule has 1 saturated carbocycles. The monoisotopic (exact) mass is 440 g/mol. The van der Waals surface area contributed by atoms with E-state index >= 15 is 0 Å². The summed E-state index contributed by atoms with van der Waals surface area (Å²) >= 11 is 1.61. The van der Waals surface area contributed by atoms with Gasteiger partial charge in [0.15, 0.2) is 0 Å². The number of amides is 2. The van der Waals surface area contributed by atoms with E-state index in [4.69, 9.17) is 4.74 Å². The Bertz CT molecular complexity index is 943. The molecule has 6 heteroatoms. The standard InChI is InChI=1S/C25H32N2O3S/c28-24(18-7-1-2-8-18)27-12-6-5-9-19(27)17-21-20-10-3-4-11-22(20)31-23(21)25(29)26-13-15-30-16-14-26/h3-4,10-11,18-19H,1-2,5-9,12-17H2. The van der Waals surface area contributed by atoms with Crippen molar-refractivity contribution in [3.05, 3.63) is 34.7 Å². The lowest BCUT2D eigenvalue weighted by Crippen LogP contribution is -2.47. The molecule has 1 unspecified atom stereocenters. The first-order valence-corrected chi connectivity index (χ1v) is 12.7. The number of hydrogen-bond donors (Lipinski definition) is 0. The molecule has 2 aromatic rings. The van der Waals surface area contributed by atoms with Crippen molar-refractivity contribution in [1.82, 2.24) is 9.80 Å². The molecule has 3 aliphatic rings. The number of thiophene rings is 1. The highest BCUT2D eigenvalue weighted by Gasteiger charge is 2.34. The molecule has 1 atom stereocenters. The highest BCUT2D eigenvalue weighted by atomic mass is 32.1. The summed E-state index contributed by atoms with van der Waals surface area (Å²) in [6.45, 7) is 3.40. The van der Waals surface area contributed by atoms with E-state index in [0.29, 0.717) is 32.2 Å². The first-order chi connectivity index (χ1) is 15.2. The number of likely N-dealkylation sites (tertiary alicyclic amines) is 1. The number of morpholine rings is 1. The summed E-state index contributed by atoms with van der Waals surface area (Å²) in [5, 5.41) is 1.18. The molecule has 2 amide bonds. The van der Waals surface area contributed by atoms with Crippen molar-refractivity contribution in [2.75, 3.05) is 32.8 Å². The Morgan fingerprint density at radius 3 is 2.52 bits per heavy atom. The predicted octanol–water partition coefficient (Wildman–Crippen LogP) is 4.49. The summed E-state index contributed by atoms with van der Waals surface area (Å²) in [5.41, 5.74) is 1.15. The molecule has 0 bridgehead atoms. The quantitative estimate of drug-likeness (QED) is 0.704. The number of rotatable bonds is 4. The molecule has 0 spiro atoms. The third-order valence-corrected chi connectivity index (χ3v) is 8.45. The second-order valence-electron chi connectivity index (χ2n) is 9.18. The van der Waals surface area contributed by atoms with Crippen LogP contribution in [0.15, 0.2) is 24.3 Å². The Balaban J connectivity index is 1.45. The van der Waals surface area contributed by atoms with Crippen LogP contribution in [0.4, 0.5) is 0 Å². The molecule has 2 saturated heterocycles. The average molecular weight is 441 g/mol. The number of hydrogen-bond acceptors (Lipinski definition) is 4. The van der Waals surface area contributed by atoms with Crippen LogP contribution in [-0.4, -0.2) is 60.5 Å². The molecule has 1 aromatic heterocycles. The third kappa shape index (κ3) is 4.24. The average Bonchev–Trinajstić information content (AvgIpc) is 3.48. The van der Waals surface area contributed by atoms with Gasteiger partial charge in [0.25, 0.3) is 5.91 Å². The van der Waals surface area contributed by atoms with Crippen LogP contribution in [-0.2, 0) is 16.0 Å². The van der Waals surface area contributed by atoms with Gasteiger partial charge in [-0.1, -0.05) is 31.0 Å². The molecule has 3 heterocycles. The van der Waals surface area contributed by atoms with Gasteiger partial charge in [0.1, 0.15) is 0 Å². The maximum Gasteiger partial charge on any atom is 0.264 e. The number of ether oxygens (including phenoxy) is 1. The molecule has 1 aromatic carbocycles. The Kier molecular flexibility index (Phi) is 6.28. The predicted molar refractivity (Wildman–Crippen MR) is 124 cm³/mol. The van der Waals surface area contributed by atoms with Crippen molar-refractivity contribution in [2.24, 2.45) is 5.92 Å². The van der Waals surface area contributed by atoms with Crippen molar-refractivity contribution < 1.29 is 14.3 Å². The second kappa shape index (κ2) is 9.29. The molecule has 5 nitrogen and oxygen atoms in total. The summed E-state index contributed by atoms with van der Waals surface area (Å²) in [5.74, 6) is 0.709. The van der Waals surface area contributed by atoms with E-state index in [9.17, 15) is 9.59 Å². The van der Waals surface area contributed by atoms with Crippen LogP contribution in [0.1, 0.15) is 60.2 Å². The fraction of sp³-hybridized carbons (Fsp3) is 0.600. The zero-order chi connectivity index (χ0) is 21.2. The second-order valence-corrected chi connectivity index (χ2v) is 10.2. The molecule has 0 radical (unpaired) electrons. The molecular formula is C25H32N2O3S. The van der Waals surface area contributed by atoms with Gasteiger partial charge in [-0.05, 0) is 55.5 Å². The zero-order valence-electron chi connectivity index (χ0n) is 18.2. The Hall–Kier alpha value is -1.92. The third-order valence-electron chi connectivity index (χ3n) is 7.25. The summed E-state index contributed by atoms with van der Waals surface area (Å²) in [6, 6.07) is 8.56. The minimum atomic E-state index is 0.129. The van der Waals surface area contributed by atoms with Gasteiger partial charge in [-0.2, -0.15) is 0 Å². The van der Waals surface area contributed by atoms with Gasteiger partial charge in [0.05, 0.1) is 18.1 Å². The highest BCUT2D eigenvalue weighted by Crippen LogP contribution is 2.36. The highest BCUT2D eigenvalue weighted by molar-refractivity contribution is 7.21. The number of fused-ring (bicyclic) bond motifs is 1. The Labute approximate surface area is 188 Å². The molecule has 2 aliphatic heterocycles. The molecule has 5 rings (SSSR count). The molecule has 0 N–H and O–H groups in total. The Morgan fingerprint density at radius 1 is 0.968 bits per heavy atom. The SMILES string of the molecule is O=C(c1sc2ccccc2c1CC1CCCCN1C(=O)C1CCCC1)N1CCOCC1. The van der Waals surface area contributed by atoms with Crippen LogP contribution in [0, 0.1) is 5.92 Å². The Morgan fingerprint density at radius 2 is 1.71 bits per heavy atom. The van der Waals surface area contributed by atoms with Gasteiger partial charge in [0, 0.05) is 36.3 Å². The molecule has 31 heavy (non-hydrogen) atoms. The zero-order valence-corrected chi connectivity index (χ0v) is 19.0. The van der Waals surface area contributed by atoms with Gasteiger partial charge in [-0.25, -0.2) is 0 Å². The summed E-state index contributed by atoms with van der Waals surface area (Å²) in [7, 11) is 0. The number of nitrogens with zero attached hydrogens (tertiary/aromatic N) is 2. The summed E-state index contributed by atoms with van der Waals surface area (Å²) in [4.78, 5) is 31.7. The van der Waals surface area contributed by atoms with Crippen LogP contribution in [0.25, 0.3) is 10.1 Å². The number of carbonyl (C=O) groups excluding carboxylic acids is 2. The van der Waals surface area contributed by atoms with E-state index in [1.807, 2.05) is 11.0 Å². The van der Waals surface area contributed by atoms with Crippen molar-refractivity contribution >= 4 is 33.2 Å². The number of carbonyl (C=O) groups is 2. The van der Waals surface area contributed by atoms with E-state index in [-0.39, 0.29) is 17.9 Å². The van der Waals surface area contributed by atoms with Gasteiger partial charge >= 0.3 is 0 Å². The maximum atomic E-state index is 13.5. The van der Waals surface area contributed by atoms with Crippen molar-refractivity contribution in [2.45, 2.75) is 57.4 Å². The van der Waals surface area contributed by atoms with Crippen molar-refractivity contribution in [3.8, 4) is 0 Å². The lowest BCUT2D eigenvalue weighted by molar-refractivity contribution is -0.139. The van der Waals surface area contributed by atoms with E-state index in [1.165, 1.54) is 22.9 Å². The normalized spacial score (nSPS) is 22.9. The van der Waals surface area contributed by atoms with Crippen molar-refractivity contribution in [1.29, 1.82) is 0 Å².